The molecule has 1 aliphatic rings. The Labute approximate surface area is 125 Å². The Bertz CT molecular complexity index is 365. The van der Waals surface area contributed by atoms with Crippen molar-refractivity contribution in [3.8, 4) is 0 Å². The van der Waals surface area contributed by atoms with Crippen LogP contribution in [0.15, 0.2) is 0 Å². The van der Waals surface area contributed by atoms with E-state index in [-0.39, 0.29) is 0 Å². The second-order valence-corrected chi connectivity index (χ2v) is 9.20. The molecule has 1 fully saturated rings. The minimum absolute atomic E-state index is 0.352. The van der Waals surface area contributed by atoms with Crippen LogP contribution in [0.2, 0.25) is 0 Å². The van der Waals surface area contributed by atoms with E-state index in [2.05, 4.69) is 26.1 Å². The van der Waals surface area contributed by atoms with Gasteiger partial charge in [0.15, 0.2) is 0 Å². The van der Waals surface area contributed by atoms with E-state index < -0.39 is 9.84 Å². The van der Waals surface area contributed by atoms with Crippen molar-refractivity contribution >= 4 is 9.84 Å². The number of hydrogen-bond acceptors (Lipinski definition) is 3. The van der Waals surface area contributed by atoms with Gasteiger partial charge in [-0.25, -0.2) is 8.42 Å². The zero-order valence-electron chi connectivity index (χ0n) is 13.7. The molecule has 1 rings (SSSR count). The highest BCUT2D eigenvalue weighted by atomic mass is 32.2. The first-order valence-electron chi connectivity index (χ1n) is 8.23. The molecule has 0 saturated heterocycles. The van der Waals surface area contributed by atoms with E-state index in [9.17, 15) is 8.42 Å². The summed E-state index contributed by atoms with van der Waals surface area (Å²) < 4.78 is 22.6. The highest BCUT2D eigenvalue weighted by Gasteiger charge is 2.29. The van der Waals surface area contributed by atoms with Gasteiger partial charge in [-0.15, -0.1) is 0 Å². The Balaban J connectivity index is 2.48. The first kappa shape index (κ1) is 18.0. The molecule has 0 radical (unpaired) electrons. The zero-order valence-corrected chi connectivity index (χ0v) is 14.5. The quantitative estimate of drug-likeness (QED) is 0.748. The van der Waals surface area contributed by atoms with Crippen molar-refractivity contribution < 1.29 is 8.42 Å². The third kappa shape index (κ3) is 7.07. The zero-order chi connectivity index (χ0) is 15.2. The average molecular weight is 304 g/mol. The molecule has 1 aliphatic carbocycles. The Hall–Kier alpha value is -0.0900. The summed E-state index contributed by atoms with van der Waals surface area (Å²) in [6, 6.07) is 0.538. The Morgan fingerprint density at radius 1 is 1.20 bits per heavy atom. The Morgan fingerprint density at radius 2 is 1.90 bits per heavy atom. The summed E-state index contributed by atoms with van der Waals surface area (Å²) >= 11 is 0. The molecule has 0 amide bonds. The molecule has 3 atom stereocenters. The SMILES string of the molecule is CCC1CCC(CNC(C)C)C(CCCS(C)(=O)=O)C1. The summed E-state index contributed by atoms with van der Waals surface area (Å²) in [4.78, 5) is 0. The molecule has 1 saturated carbocycles. The number of sulfone groups is 1. The Kier molecular flexibility index (Phi) is 7.52. The van der Waals surface area contributed by atoms with Crippen LogP contribution in [-0.2, 0) is 9.84 Å². The van der Waals surface area contributed by atoms with E-state index in [4.69, 9.17) is 0 Å². The smallest absolute Gasteiger partial charge is 0.147 e. The van der Waals surface area contributed by atoms with Crippen molar-refractivity contribution in [2.75, 3.05) is 18.6 Å². The van der Waals surface area contributed by atoms with Crippen LogP contribution in [0.5, 0.6) is 0 Å². The third-order valence-electron chi connectivity index (χ3n) is 4.70. The first-order valence-corrected chi connectivity index (χ1v) is 10.3. The van der Waals surface area contributed by atoms with Gasteiger partial charge >= 0.3 is 0 Å². The second kappa shape index (κ2) is 8.38. The van der Waals surface area contributed by atoms with Crippen LogP contribution in [0.4, 0.5) is 0 Å². The molecule has 0 aromatic heterocycles. The lowest BCUT2D eigenvalue weighted by atomic mass is 9.71. The summed E-state index contributed by atoms with van der Waals surface area (Å²) in [5.74, 6) is 2.65. The van der Waals surface area contributed by atoms with Crippen molar-refractivity contribution in [2.45, 2.75) is 65.3 Å². The maximum atomic E-state index is 11.3. The molecular weight excluding hydrogens is 270 g/mol. The molecule has 1 N–H and O–H groups in total. The van der Waals surface area contributed by atoms with E-state index in [1.54, 1.807) is 0 Å². The van der Waals surface area contributed by atoms with E-state index in [0.717, 1.165) is 31.2 Å². The Morgan fingerprint density at radius 3 is 2.45 bits per heavy atom. The van der Waals surface area contributed by atoms with Gasteiger partial charge in [-0.05, 0) is 50.0 Å². The van der Waals surface area contributed by atoms with E-state index >= 15 is 0 Å². The standard InChI is InChI=1S/C16H33NO2S/c1-5-14-8-9-16(12-17-13(2)3)15(11-14)7-6-10-20(4,18)19/h13-17H,5-12H2,1-4H3. The van der Waals surface area contributed by atoms with Gasteiger partial charge < -0.3 is 5.32 Å². The van der Waals surface area contributed by atoms with Crippen LogP contribution in [0.25, 0.3) is 0 Å². The third-order valence-corrected chi connectivity index (χ3v) is 5.73. The van der Waals surface area contributed by atoms with Crippen molar-refractivity contribution in [3.05, 3.63) is 0 Å². The molecule has 0 aromatic carbocycles. The van der Waals surface area contributed by atoms with Crippen molar-refractivity contribution in [3.63, 3.8) is 0 Å². The lowest BCUT2D eigenvalue weighted by Gasteiger charge is -2.36. The maximum Gasteiger partial charge on any atom is 0.147 e. The molecule has 3 unspecified atom stereocenters. The normalized spacial score (nSPS) is 27.9. The summed E-state index contributed by atoms with van der Waals surface area (Å²) in [7, 11) is -2.80. The molecule has 0 heterocycles. The summed E-state index contributed by atoms with van der Waals surface area (Å²) in [5, 5.41) is 3.57. The van der Waals surface area contributed by atoms with Crippen molar-refractivity contribution in [1.82, 2.24) is 5.32 Å². The maximum absolute atomic E-state index is 11.3. The fourth-order valence-corrected chi connectivity index (χ4v) is 4.10. The molecule has 0 bridgehead atoms. The topological polar surface area (TPSA) is 46.2 Å². The minimum Gasteiger partial charge on any atom is -0.314 e. The molecule has 20 heavy (non-hydrogen) atoms. The van der Waals surface area contributed by atoms with Gasteiger partial charge in [-0.3, -0.25) is 0 Å². The fraction of sp³-hybridized carbons (Fsp3) is 1.00. The van der Waals surface area contributed by atoms with Gasteiger partial charge in [0.05, 0.1) is 0 Å². The van der Waals surface area contributed by atoms with Gasteiger partial charge in [0, 0.05) is 18.1 Å². The number of nitrogens with one attached hydrogen (secondary N) is 1. The van der Waals surface area contributed by atoms with Gasteiger partial charge in [-0.2, -0.15) is 0 Å². The summed E-state index contributed by atoms with van der Waals surface area (Å²) in [6.07, 6.45) is 8.48. The molecule has 0 aliphatic heterocycles. The monoisotopic (exact) mass is 303 g/mol. The van der Waals surface area contributed by atoms with E-state index in [0.29, 0.717) is 17.7 Å². The molecule has 120 valence electrons. The highest BCUT2D eigenvalue weighted by Crippen LogP contribution is 2.37. The van der Waals surface area contributed by atoms with Gasteiger partial charge in [0.2, 0.25) is 0 Å². The van der Waals surface area contributed by atoms with Crippen LogP contribution in [-0.4, -0.2) is 33.0 Å². The van der Waals surface area contributed by atoms with Crippen molar-refractivity contribution in [2.24, 2.45) is 17.8 Å². The summed E-state index contributed by atoms with van der Waals surface area (Å²) in [5.41, 5.74) is 0. The second-order valence-electron chi connectivity index (χ2n) is 6.94. The molecule has 3 nitrogen and oxygen atoms in total. The highest BCUT2D eigenvalue weighted by molar-refractivity contribution is 7.90. The van der Waals surface area contributed by atoms with Crippen LogP contribution in [0, 0.1) is 17.8 Å². The first-order chi connectivity index (χ1) is 9.31. The average Bonchev–Trinajstić information content (AvgIpc) is 2.35. The molecule has 0 aromatic rings. The molecule has 0 spiro atoms. The molecular formula is C16H33NO2S. The van der Waals surface area contributed by atoms with E-state index in [1.165, 1.54) is 31.9 Å². The minimum atomic E-state index is -2.80. The van der Waals surface area contributed by atoms with E-state index in [1.807, 2.05) is 0 Å². The van der Waals surface area contributed by atoms with Crippen LogP contribution in [0.3, 0.4) is 0 Å². The largest absolute Gasteiger partial charge is 0.314 e. The molecule has 4 heteroatoms. The lowest BCUT2D eigenvalue weighted by Crippen LogP contribution is -2.36. The van der Waals surface area contributed by atoms with Gasteiger partial charge in [0.1, 0.15) is 9.84 Å². The number of hydrogen-bond donors (Lipinski definition) is 1. The summed E-state index contributed by atoms with van der Waals surface area (Å²) in [6.45, 7) is 7.76. The van der Waals surface area contributed by atoms with Gasteiger partial charge in [0.25, 0.3) is 0 Å². The number of rotatable bonds is 8. The van der Waals surface area contributed by atoms with Gasteiger partial charge in [-0.1, -0.05) is 33.6 Å². The predicted molar refractivity (Wildman–Crippen MR) is 86.7 cm³/mol. The van der Waals surface area contributed by atoms with Crippen LogP contribution < -0.4 is 5.32 Å². The predicted octanol–water partition coefficient (Wildman–Crippen LogP) is 3.25. The van der Waals surface area contributed by atoms with Crippen LogP contribution in [0.1, 0.15) is 59.3 Å². The fourth-order valence-electron chi connectivity index (χ4n) is 3.41. The van der Waals surface area contributed by atoms with Crippen LogP contribution >= 0.6 is 0 Å². The van der Waals surface area contributed by atoms with Crippen molar-refractivity contribution in [1.29, 1.82) is 0 Å². The lowest BCUT2D eigenvalue weighted by molar-refractivity contribution is 0.160.